The maximum atomic E-state index is 5.46. The predicted molar refractivity (Wildman–Crippen MR) is 93.2 cm³/mol. The largest absolute Gasteiger partial charge is 0.495 e. The van der Waals surface area contributed by atoms with Crippen molar-refractivity contribution >= 4 is 11.4 Å². The number of pyridine rings is 1. The minimum atomic E-state index is 0.901. The standard InChI is InChI=1S/C18H22N4O/c1-15(16-7-9-19-10-8-16)20-22-13-11-21(12-14-22)17-5-3-4-6-18(17)23-2/h3-10,20H,1,11-14H2,2H3. The lowest BCUT2D eigenvalue weighted by molar-refractivity contribution is 0.214. The summed E-state index contributed by atoms with van der Waals surface area (Å²) in [5.74, 6) is 0.926. The third kappa shape index (κ3) is 3.63. The maximum absolute atomic E-state index is 5.46. The van der Waals surface area contributed by atoms with Crippen LogP contribution < -0.4 is 15.1 Å². The average Bonchev–Trinajstić information content (AvgIpc) is 2.63. The molecule has 2 aromatic rings. The monoisotopic (exact) mass is 310 g/mol. The normalized spacial score (nSPS) is 15.3. The highest BCUT2D eigenvalue weighted by Crippen LogP contribution is 2.28. The van der Waals surface area contributed by atoms with Crippen LogP contribution in [-0.2, 0) is 0 Å². The number of rotatable bonds is 5. The van der Waals surface area contributed by atoms with E-state index in [1.807, 2.05) is 30.3 Å². The van der Waals surface area contributed by atoms with Gasteiger partial charge in [0.2, 0.25) is 0 Å². The van der Waals surface area contributed by atoms with Crippen molar-refractivity contribution in [2.75, 3.05) is 38.2 Å². The third-order valence-corrected chi connectivity index (χ3v) is 4.03. The summed E-state index contributed by atoms with van der Waals surface area (Å²) in [4.78, 5) is 6.39. The third-order valence-electron chi connectivity index (χ3n) is 4.03. The lowest BCUT2D eigenvalue weighted by Crippen LogP contribution is -2.51. The number of nitrogens with zero attached hydrogens (tertiary/aromatic N) is 3. The fourth-order valence-electron chi connectivity index (χ4n) is 2.76. The summed E-state index contributed by atoms with van der Waals surface area (Å²) in [6.45, 7) is 7.83. The number of para-hydroxylation sites is 2. The van der Waals surface area contributed by atoms with Gasteiger partial charge in [0.15, 0.2) is 0 Å². The molecule has 2 heterocycles. The van der Waals surface area contributed by atoms with Crippen LogP contribution >= 0.6 is 0 Å². The number of hydrogen-bond donors (Lipinski definition) is 1. The van der Waals surface area contributed by atoms with Gasteiger partial charge in [0.1, 0.15) is 5.75 Å². The number of hydrogen-bond acceptors (Lipinski definition) is 5. The Labute approximate surface area is 137 Å². The summed E-state index contributed by atoms with van der Waals surface area (Å²) in [6.07, 6.45) is 3.56. The topological polar surface area (TPSA) is 40.6 Å². The molecule has 0 bridgehead atoms. The molecular weight excluding hydrogens is 288 g/mol. The fourth-order valence-corrected chi connectivity index (χ4v) is 2.76. The molecule has 3 rings (SSSR count). The smallest absolute Gasteiger partial charge is 0.142 e. The molecule has 0 amide bonds. The van der Waals surface area contributed by atoms with Gasteiger partial charge in [-0.25, -0.2) is 5.01 Å². The average molecular weight is 310 g/mol. The van der Waals surface area contributed by atoms with Gasteiger partial charge in [-0.3, -0.25) is 4.98 Å². The molecule has 1 fully saturated rings. The van der Waals surface area contributed by atoms with Gasteiger partial charge in [0.05, 0.1) is 12.8 Å². The van der Waals surface area contributed by atoms with Crippen LogP contribution in [0.15, 0.2) is 55.4 Å². The first-order chi connectivity index (χ1) is 11.3. The van der Waals surface area contributed by atoms with Crippen LogP contribution in [0.4, 0.5) is 5.69 Å². The lowest BCUT2D eigenvalue weighted by atomic mass is 10.2. The van der Waals surface area contributed by atoms with Crippen molar-refractivity contribution in [2.45, 2.75) is 0 Å². The molecule has 0 radical (unpaired) electrons. The van der Waals surface area contributed by atoms with Crippen LogP contribution in [0.3, 0.4) is 0 Å². The van der Waals surface area contributed by atoms with Gasteiger partial charge in [0, 0.05) is 49.8 Å². The molecule has 23 heavy (non-hydrogen) atoms. The molecule has 1 N–H and O–H groups in total. The first kappa shape index (κ1) is 15.4. The van der Waals surface area contributed by atoms with E-state index in [2.05, 4.69) is 33.0 Å². The molecule has 0 spiro atoms. The number of methoxy groups -OCH3 is 1. The second-order valence-electron chi connectivity index (χ2n) is 5.47. The Balaban J connectivity index is 1.57. The Morgan fingerprint density at radius 3 is 2.48 bits per heavy atom. The lowest BCUT2D eigenvalue weighted by Gasteiger charge is -2.37. The van der Waals surface area contributed by atoms with E-state index < -0.39 is 0 Å². The number of nitrogens with one attached hydrogen (secondary N) is 1. The van der Waals surface area contributed by atoms with E-state index in [-0.39, 0.29) is 0 Å². The van der Waals surface area contributed by atoms with Gasteiger partial charge in [0.25, 0.3) is 0 Å². The summed E-state index contributed by atoms with van der Waals surface area (Å²) >= 11 is 0. The minimum Gasteiger partial charge on any atom is -0.495 e. The van der Waals surface area contributed by atoms with Crippen molar-refractivity contribution in [3.8, 4) is 5.75 Å². The van der Waals surface area contributed by atoms with Crippen molar-refractivity contribution in [3.63, 3.8) is 0 Å². The van der Waals surface area contributed by atoms with Crippen LogP contribution in [0.25, 0.3) is 5.70 Å². The van der Waals surface area contributed by atoms with Crippen LogP contribution in [-0.4, -0.2) is 43.3 Å². The number of anilines is 1. The van der Waals surface area contributed by atoms with E-state index in [4.69, 9.17) is 4.74 Å². The van der Waals surface area contributed by atoms with Gasteiger partial charge in [-0.05, 0) is 24.3 Å². The van der Waals surface area contributed by atoms with Gasteiger partial charge in [-0.1, -0.05) is 18.7 Å². The molecule has 0 atom stereocenters. The van der Waals surface area contributed by atoms with Gasteiger partial charge < -0.3 is 15.1 Å². The Kier molecular flexibility index (Phi) is 4.78. The summed E-state index contributed by atoms with van der Waals surface area (Å²) < 4.78 is 5.46. The molecule has 1 aromatic heterocycles. The van der Waals surface area contributed by atoms with Crippen LogP contribution in [0.5, 0.6) is 5.75 Å². The fraction of sp³-hybridized carbons (Fsp3) is 0.278. The second-order valence-corrected chi connectivity index (χ2v) is 5.47. The number of hydrazine groups is 1. The Morgan fingerprint density at radius 2 is 1.78 bits per heavy atom. The number of piperazine rings is 1. The molecule has 1 saturated heterocycles. The maximum Gasteiger partial charge on any atom is 0.142 e. The van der Waals surface area contributed by atoms with Crippen LogP contribution in [0, 0.1) is 0 Å². The minimum absolute atomic E-state index is 0.901. The summed E-state index contributed by atoms with van der Waals surface area (Å²) in [5.41, 5.74) is 6.51. The molecule has 1 aliphatic heterocycles. The zero-order valence-corrected chi connectivity index (χ0v) is 13.4. The van der Waals surface area contributed by atoms with Gasteiger partial charge in [-0.15, -0.1) is 0 Å². The molecule has 1 aliphatic rings. The predicted octanol–water partition coefficient (Wildman–Crippen LogP) is 2.39. The SMILES string of the molecule is C=C(NN1CCN(c2ccccc2OC)CC1)c1ccncc1. The van der Waals surface area contributed by atoms with Gasteiger partial charge >= 0.3 is 0 Å². The van der Waals surface area contributed by atoms with Crippen molar-refractivity contribution in [2.24, 2.45) is 0 Å². The van der Waals surface area contributed by atoms with E-state index in [9.17, 15) is 0 Å². The van der Waals surface area contributed by atoms with E-state index in [1.165, 1.54) is 0 Å². The first-order valence-corrected chi connectivity index (χ1v) is 7.77. The summed E-state index contributed by atoms with van der Waals surface area (Å²) in [7, 11) is 1.72. The molecule has 120 valence electrons. The van der Waals surface area contributed by atoms with Gasteiger partial charge in [-0.2, -0.15) is 0 Å². The zero-order valence-electron chi connectivity index (χ0n) is 13.4. The highest BCUT2D eigenvalue weighted by Gasteiger charge is 2.19. The van der Waals surface area contributed by atoms with E-state index in [0.717, 1.165) is 48.9 Å². The summed E-state index contributed by atoms with van der Waals surface area (Å²) in [6, 6.07) is 12.1. The molecule has 0 unspecified atom stereocenters. The molecule has 0 aliphatic carbocycles. The van der Waals surface area contributed by atoms with Crippen LogP contribution in [0.2, 0.25) is 0 Å². The molecular formula is C18H22N4O. The molecule has 1 aromatic carbocycles. The molecule has 5 heteroatoms. The summed E-state index contributed by atoms with van der Waals surface area (Å²) in [5, 5.41) is 2.20. The quantitative estimate of drug-likeness (QED) is 0.918. The highest BCUT2D eigenvalue weighted by molar-refractivity contribution is 5.61. The Bertz CT molecular complexity index is 651. The van der Waals surface area contributed by atoms with E-state index in [0.29, 0.717) is 0 Å². The number of benzene rings is 1. The van der Waals surface area contributed by atoms with Crippen molar-refractivity contribution in [1.82, 2.24) is 15.4 Å². The van der Waals surface area contributed by atoms with Crippen molar-refractivity contribution < 1.29 is 4.74 Å². The second kappa shape index (κ2) is 7.15. The van der Waals surface area contributed by atoms with Crippen LogP contribution in [0.1, 0.15) is 5.56 Å². The first-order valence-electron chi connectivity index (χ1n) is 7.77. The Morgan fingerprint density at radius 1 is 1.09 bits per heavy atom. The zero-order chi connectivity index (χ0) is 16.1. The molecule has 0 saturated carbocycles. The number of ether oxygens (including phenoxy) is 1. The van der Waals surface area contributed by atoms with Crippen molar-refractivity contribution in [1.29, 1.82) is 0 Å². The highest BCUT2D eigenvalue weighted by atomic mass is 16.5. The van der Waals surface area contributed by atoms with Crippen molar-refractivity contribution in [3.05, 3.63) is 60.9 Å². The molecule has 5 nitrogen and oxygen atoms in total. The number of aromatic nitrogens is 1. The Hall–Kier alpha value is -2.53. The van der Waals surface area contributed by atoms with E-state index in [1.54, 1.807) is 19.5 Å². The van der Waals surface area contributed by atoms with E-state index >= 15 is 0 Å².